The first-order chi connectivity index (χ1) is 18.1. The summed E-state index contributed by atoms with van der Waals surface area (Å²) in [5, 5.41) is 84.9. The Bertz CT molecular complexity index is 1020. The van der Waals surface area contributed by atoms with Crippen molar-refractivity contribution in [1.29, 1.82) is 0 Å². The summed E-state index contributed by atoms with van der Waals surface area (Å²) in [6, 6.07) is 11.9. The Morgan fingerprint density at radius 1 is 0.632 bits per heavy atom. The van der Waals surface area contributed by atoms with Crippen LogP contribution in [-0.4, -0.2) is 109 Å². The molecule has 10 N–H and O–H groups in total. The van der Waals surface area contributed by atoms with Gasteiger partial charge in [0.2, 0.25) is 0 Å². The minimum absolute atomic E-state index is 0.321. The number of ether oxygens (including phenoxy) is 2. The van der Waals surface area contributed by atoms with Crippen LogP contribution in [0.25, 0.3) is 0 Å². The largest absolute Gasteiger partial charge is 0.394 e. The number of aliphatic hydroxyl groups is 8. The van der Waals surface area contributed by atoms with E-state index in [0.717, 1.165) is 0 Å². The molecule has 13 heteroatoms. The Morgan fingerprint density at radius 3 is 1.39 bits per heavy atom. The van der Waals surface area contributed by atoms with E-state index in [1.54, 1.807) is 36.4 Å². The third kappa shape index (κ3) is 5.82. The zero-order valence-electron chi connectivity index (χ0n) is 20.1. The van der Waals surface area contributed by atoms with Crippen LogP contribution in [0.4, 0.5) is 16.2 Å². The molecule has 2 fully saturated rings. The van der Waals surface area contributed by atoms with E-state index in [-0.39, 0.29) is 0 Å². The first kappa shape index (κ1) is 28.3. The second-order valence-corrected chi connectivity index (χ2v) is 9.33. The Labute approximate surface area is 217 Å². The Morgan fingerprint density at radius 2 is 1.03 bits per heavy atom. The monoisotopic (exact) mass is 536 g/mol. The molecule has 2 aliphatic rings. The molecule has 2 amide bonds. The van der Waals surface area contributed by atoms with Crippen molar-refractivity contribution in [3.05, 3.63) is 59.7 Å². The van der Waals surface area contributed by atoms with E-state index in [9.17, 15) is 45.6 Å². The Hall–Kier alpha value is -2.69. The molecule has 2 heterocycles. The molecule has 4 rings (SSSR count). The molecule has 2 saturated heterocycles. The number of amides is 2. The van der Waals surface area contributed by atoms with Gasteiger partial charge in [-0.05, 0) is 35.4 Å². The number of carbonyl (C=O) groups is 1. The number of anilines is 2. The van der Waals surface area contributed by atoms with E-state index >= 15 is 0 Å². The van der Waals surface area contributed by atoms with Crippen molar-refractivity contribution in [2.45, 2.75) is 61.0 Å². The highest BCUT2D eigenvalue weighted by Crippen LogP contribution is 2.34. The van der Waals surface area contributed by atoms with E-state index in [1.807, 2.05) is 0 Å². The first-order valence-corrected chi connectivity index (χ1v) is 12.0. The summed E-state index contributed by atoms with van der Waals surface area (Å²) in [6.45, 7) is -1.13. The van der Waals surface area contributed by atoms with Crippen molar-refractivity contribution in [2.24, 2.45) is 0 Å². The van der Waals surface area contributed by atoms with Crippen LogP contribution in [0.2, 0.25) is 0 Å². The maximum absolute atomic E-state index is 12.7. The summed E-state index contributed by atoms with van der Waals surface area (Å²) in [4.78, 5) is 12.7. The van der Waals surface area contributed by atoms with Gasteiger partial charge in [-0.25, -0.2) is 4.79 Å². The van der Waals surface area contributed by atoms with Crippen LogP contribution in [0.15, 0.2) is 48.5 Å². The Balaban J connectivity index is 1.44. The average Bonchev–Trinajstić information content (AvgIpc) is 2.91. The van der Waals surface area contributed by atoms with Crippen LogP contribution in [0, 0.1) is 0 Å². The zero-order chi connectivity index (χ0) is 27.6. The summed E-state index contributed by atoms with van der Waals surface area (Å²) < 4.78 is 11.1. The zero-order valence-corrected chi connectivity index (χ0v) is 20.1. The highest BCUT2D eigenvalue weighted by Gasteiger charge is 2.45. The van der Waals surface area contributed by atoms with Gasteiger partial charge >= 0.3 is 6.03 Å². The highest BCUT2D eigenvalue weighted by atomic mass is 16.6. The van der Waals surface area contributed by atoms with Gasteiger partial charge in [0, 0.05) is 11.4 Å². The van der Waals surface area contributed by atoms with Crippen LogP contribution in [-0.2, 0) is 9.47 Å². The van der Waals surface area contributed by atoms with Crippen LogP contribution in [0.3, 0.4) is 0 Å². The molecule has 0 saturated carbocycles. The predicted octanol–water partition coefficient (Wildman–Crippen LogP) is -1.64. The number of nitrogens with one attached hydrogen (secondary N) is 2. The molecule has 2 aromatic carbocycles. The average molecular weight is 537 g/mol. The first-order valence-electron chi connectivity index (χ1n) is 12.0. The molecule has 1 unspecified atom stereocenters. The summed E-state index contributed by atoms with van der Waals surface area (Å²) in [7, 11) is 0. The van der Waals surface area contributed by atoms with Gasteiger partial charge in [0.1, 0.15) is 61.0 Å². The summed E-state index contributed by atoms with van der Waals surface area (Å²) in [6.07, 6.45) is -13.3. The number of rotatable bonds is 6. The second kappa shape index (κ2) is 12.0. The summed E-state index contributed by atoms with van der Waals surface area (Å²) in [5.74, 6) is 0. The number of hydrogen-bond donors (Lipinski definition) is 10. The van der Waals surface area contributed by atoms with Crippen LogP contribution < -0.4 is 10.6 Å². The van der Waals surface area contributed by atoms with Crippen LogP contribution >= 0.6 is 0 Å². The normalized spacial score (nSPS) is 35.5. The third-order valence-corrected chi connectivity index (χ3v) is 6.73. The van der Waals surface area contributed by atoms with E-state index in [2.05, 4.69) is 10.6 Å². The minimum atomic E-state index is -1.54. The van der Waals surface area contributed by atoms with Crippen molar-refractivity contribution in [3.8, 4) is 0 Å². The van der Waals surface area contributed by atoms with Crippen molar-refractivity contribution in [1.82, 2.24) is 0 Å². The number of urea groups is 1. The molecule has 0 aromatic heterocycles. The summed E-state index contributed by atoms with van der Waals surface area (Å²) >= 11 is 0. The molecule has 208 valence electrons. The van der Waals surface area contributed by atoms with Gasteiger partial charge in [0.25, 0.3) is 0 Å². The summed E-state index contributed by atoms with van der Waals surface area (Å²) in [5.41, 5.74) is 1.43. The molecule has 10 atom stereocenters. The van der Waals surface area contributed by atoms with Gasteiger partial charge in [-0.3, -0.25) is 0 Å². The number of benzene rings is 2. The lowest BCUT2D eigenvalue weighted by molar-refractivity contribution is -0.231. The lowest BCUT2D eigenvalue weighted by Crippen LogP contribution is -2.55. The Kier molecular flexibility index (Phi) is 8.95. The lowest BCUT2D eigenvalue weighted by atomic mass is 9.91. The van der Waals surface area contributed by atoms with Gasteiger partial charge in [-0.2, -0.15) is 0 Å². The molecule has 13 nitrogen and oxygen atoms in total. The number of hydrogen-bond acceptors (Lipinski definition) is 11. The van der Waals surface area contributed by atoms with Crippen molar-refractivity contribution in [2.75, 3.05) is 23.8 Å². The fourth-order valence-corrected chi connectivity index (χ4v) is 4.63. The fraction of sp³-hybridized carbons (Fsp3) is 0.480. The molecule has 2 aliphatic heterocycles. The van der Waals surface area contributed by atoms with E-state index < -0.39 is 80.3 Å². The molecule has 2 aromatic rings. The molecular weight excluding hydrogens is 504 g/mol. The third-order valence-electron chi connectivity index (χ3n) is 6.73. The molecule has 0 spiro atoms. The molecule has 38 heavy (non-hydrogen) atoms. The fourth-order valence-electron chi connectivity index (χ4n) is 4.63. The topological polar surface area (TPSA) is 221 Å². The van der Waals surface area contributed by atoms with Gasteiger partial charge in [-0.15, -0.1) is 0 Å². The highest BCUT2D eigenvalue weighted by molar-refractivity contribution is 5.99. The standard InChI is InChI=1S/C25H32N2O11/c28-9-15-17(30)19(32)21(34)23(37-15)11-3-1-5-13(7-11)26-25(36)27-14-6-2-4-12(8-14)24-22(35)20(33)18(31)16(10-29)38-24/h1-8,15-24,28-35H,9-10H2,(H2,26,27,36)/t15-,16?,17-,18-,19+,20+,21+,22+,23-,24-/m1/s1. The van der Waals surface area contributed by atoms with E-state index in [0.29, 0.717) is 22.5 Å². The molecule has 0 aliphatic carbocycles. The number of carbonyl (C=O) groups excluding carboxylic acids is 1. The van der Waals surface area contributed by atoms with Gasteiger partial charge in [0.05, 0.1) is 13.2 Å². The lowest BCUT2D eigenvalue weighted by Gasteiger charge is -2.40. The van der Waals surface area contributed by atoms with E-state index in [4.69, 9.17) is 9.47 Å². The van der Waals surface area contributed by atoms with Crippen molar-refractivity contribution < 1.29 is 55.1 Å². The van der Waals surface area contributed by atoms with Crippen molar-refractivity contribution >= 4 is 17.4 Å². The maximum Gasteiger partial charge on any atom is 0.323 e. The van der Waals surface area contributed by atoms with Crippen molar-refractivity contribution in [3.63, 3.8) is 0 Å². The minimum Gasteiger partial charge on any atom is -0.394 e. The van der Waals surface area contributed by atoms with E-state index in [1.165, 1.54) is 12.1 Å². The predicted molar refractivity (Wildman–Crippen MR) is 131 cm³/mol. The maximum atomic E-state index is 12.7. The second-order valence-electron chi connectivity index (χ2n) is 9.33. The smallest absolute Gasteiger partial charge is 0.323 e. The van der Waals surface area contributed by atoms with Gasteiger partial charge in [-0.1, -0.05) is 24.3 Å². The number of aliphatic hydroxyl groups excluding tert-OH is 8. The molecule has 0 radical (unpaired) electrons. The molecule has 0 bridgehead atoms. The van der Waals surface area contributed by atoms with Gasteiger partial charge in [0.15, 0.2) is 0 Å². The van der Waals surface area contributed by atoms with Crippen LogP contribution in [0.5, 0.6) is 0 Å². The SMILES string of the molecule is O=C(Nc1cccc([C@H]2O[C@H](CO)[C@@H](O)[C@H](O)[C@@H]2O)c1)Nc1cccc([C@H]2OC(CO)[C@@H](O)[C@H](O)[C@@H]2O)c1. The van der Waals surface area contributed by atoms with Crippen LogP contribution in [0.1, 0.15) is 23.3 Å². The molecular formula is C25H32N2O11. The quantitative estimate of drug-likeness (QED) is 0.202. The van der Waals surface area contributed by atoms with Gasteiger partial charge < -0.3 is 61.0 Å².